The summed E-state index contributed by atoms with van der Waals surface area (Å²) in [7, 11) is 0. The van der Waals surface area contributed by atoms with Gasteiger partial charge < -0.3 is 4.57 Å². The van der Waals surface area contributed by atoms with E-state index >= 15 is 0 Å². The van der Waals surface area contributed by atoms with Gasteiger partial charge in [-0.25, -0.2) is 0 Å². The van der Waals surface area contributed by atoms with Gasteiger partial charge >= 0.3 is 0 Å². The van der Waals surface area contributed by atoms with E-state index < -0.39 is 0 Å². The Bertz CT molecular complexity index is 1920. The van der Waals surface area contributed by atoms with Crippen molar-refractivity contribution in [2.75, 3.05) is 0 Å². The van der Waals surface area contributed by atoms with Gasteiger partial charge in [0.05, 0.1) is 11.0 Å². The summed E-state index contributed by atoms with van der Waals surface area (Å²) < 4.78 is 2.54. The van der Waals surface area contributed by atoms with Gasteiger partial charge in [-0.2, -0.15) is 0 Å². The summed E-state index contributed by atoms with van der Waals surface area (Å²) in [5.41, 5.74) is 14.6. The molecule has 0 fully saturated rings. The van der Waals surface area contributed by atoms with Crippen molar-refractivity contribution in [1.82, 2.24) is 4.57 Å². The second-order valence-electron chi connectivity index (χ2n) is 13.9. The summed E-state index contributed by atoms with van der Waals surface area (Å²) in [5.74, 6) is 0.257. The van der Waals surface area contributed by atoms with Crippen LogP contribution in [0.25, 0.3) is 49.7 Å². The van der Waals surface area contributed by atoms with Crippen LogP contribution in [-0.2, 0) is 10.8 Å². The lowest BCUT2D eigenvalue weighted by molar-refractivity contribution is 0.568. The van der Waals surface area contributed by atoms with E-state index in [2.05, 4.69) is 156 Å². The largest absolute Gasteiger partial charge is 0.309 e. The first-order valence-corrected chi connectivity index (χ1v) is 14.9. The highest BCUT2D eigenvalue weighted by atomic mass is 15.0. The molecule has 2 bridgehead atoms. The molecule has 1 aliphatic carbocycles. The van der Waals surface area contributed by atoms with E-state index in [9.17, 15) is 0 Å². The lowest BCUT2D eigenvalue weighted by Gasteiger charge is -2.27. The molecule has 0 saturated carbocycles. The van der Waals surface area contributed by atoms with Crippen molar-refractivity contribution >= 4 is 21.8 Å². The zero-order chi connectivity index (χ0) is 28.7. The molecule has 0 spiro atoms. The Morgan fingerprint density at radius 2 is 1.17 bits per heavy atom. The average Bonchev–Trinajstić information content (AvgIpc) is 3.30. The van der Waals surface area contributed by atoms with Gasteiger partial charge in [0.1, 0.15) is 0 Å². The normalized spacial score (nSPS) is 15.0. The van der Waals surface area contributed by atoms with Crippen LogP contribution in [0.4, 0.5) is 0 Å². The molecule has 7 rings (SSSR count). The molecule has 1 nitrogen and oxygen atoms in total. The fraction of sp³-hybridized carbons (Fsp3) is 0.250. The quantitative estimate of drug-likeness (QED) is 0.209. The summed E-state index contributed by atoms with van der Waals surface area (Å²) in [6, 6.07) is 39.0. The number of nitrogens with zero attached hydrogens (tertiary/aromatic N) is 1. The van der Waals surface area contributed by atoms with Crippen LogP contribution in [0.15, 0.2) is 103 Å². The lowest BCUT2D eigenvalue weighted by atomic mass is 9.80. The number of hydrogen-bond donors (Lipinski definition) is 0. The topological polar surface area (TPSA) is 4.93 Å². The second-order valence-corrected chi connectivity index (χ2v) is 13.9. The highest BCUT2D eigenvalue weighted by Gasteiger charge is 2.28. The molecule has 204 valence electrons. The Hall–Kier alpha value is -4.10. The van der Waals surface area contributed by atoms with E-state index in [1.54, 1.807) is 0 Å². The van der Waals surface area contributed by atoms with Gasteiger partial charge in [0, 0.05) is 22.4 Å². The molecule has 1 heterocycles. The van der Waals surface area contributed by atoms with Gasteiger partial charge in [-0.3, -0.25) is 0 Å². The third-order valence-electron chi connectivity index (χ3n) is 9.12. The molecule has 1 atom stereocenters. The van der Waals surface area contributed by atoms with Crippen molar-refractivity contribution in [2.45, 2.75) is 65.2 Å². The number of hydrogen-bond acceptors (Lipinski definition) is 0. The fourth-order valence-corrected chi connectivity index (χ4v) is 6.76. The van der Waals surface area contributed by atoms with Crippen LogP contribution >= 0.6 is 0 Å². The first-order chi connectivity index (χ1) is 19.5. The standard InChI is InChI=1S/C40H39N/c1-25-27-15-11-16-28(21-27)32-17-12-18-34-37(32)38-35(20-19-33(36(25)38)26-13-9-8-10-14-26)41(34)31-23-29(39(2,3)4)22-30(24-31)40(5,6)7/h8-25H,1-7H3. The zero-order valence-electron chi connectivity index (χ0n) is 25.3. The first kappa shape index (κ1) is 25.8. The minimum Gasteiger partial charge on any atom is -0.309 e. The molecular formula is C40H39N. The fourth-order valence-electron chi connectivity index (χ4n) is 6.76. The van der Waals surface area contributed by atoms with E-state index in [1.807, 2.05) is 0 Å². The number of aromatic nitrogens is 1. The van der Waals surface area contributed by atoms with E-state index in [1.165, 1.54) is 72.0 Å². The Labute approximate surface area is 244 Å². The number of fused-ring (bicyclic) bond motifs is 3. The van der Waals surface area contributed by atoms with Crippen molar-refractivity contribution in [1.29, 1.82) is 0 Å². The Kier molecular flexibility index (Phi) is 5.64. The van der Waals surface area contributed by atoms with E-state index in [0.717, 1.165) is 0 Å². The van der Waals surface area contributed by atoms with Gasteiger partial charge in [0.25, 0.3) is 0 Å². The number of benzene rings is 5. The average molecular weight is 534 g/mol. The summed E-state index contributed by atoms with van der Waals surface area (Å²) >= 11 is 0. The van der Waals surface area contributed by atoms with Gasteiger partial charge in [-0.1, -0.05) is 127 Å². The molecule has 0 N–H and O–H groups in total. The molecule has 0 radical (unpaired) electrons. The molecule has 5 aromatic carbocycles. The first-order valence-electron chi connectivity index (χ1n) is 14.9. The highest BCUT2D eigenvalue weighted by Crippen LogP contribution is 2.48. The second kappa shape index (κ2) is 8.95. The van der Waals surface area contributed by atoms with Crippen LogP contribution in [0, 0.1) is 0 Å². The smallest absolute Gasteiger partial charge is 0.0547 e. The summed E-state index contributed by atoms with van der Waals surface area (Å²) in [6.07, 6.45) is 0. The van der Waals surface area contributed by atoms with Crippen LogP contribution in [0.5, 0.6) is 0 Å². The van der Waals surface area contributed by atoms with Crippen LogP contribution in [0.3, 0.4) is 0 Å². The van der Waals surface area contributed by atoms with Crippen molar-refractivity contribution in [3.8, 4) is 27.9 Å². The molecule has 6 aromatic rings. The van der Waals surface area contributed by atoms with Gasteiger partial charge in [0.15, 0.2) is 0 Å². The predicted octanol–water partition coefficient (Wildman–Crippen LogP) is 11.2. The van der Waals surface area contributed by atoms with Crippen LogP contribution in [0.1, 0.15) is 76.6 Å². The monoisotopic (exact) mass is 533 g/mol. The van der Waals surface area contributed by atoms with E-state index in [4.69, 9.17) is 0 Å². The van der Waals surface area contributed by atoms with E-state index in [-0.39, 0.29) is 16.7 Å². The van der Waals surface area contributed by atoms with Crippen LogP contribution in [-0.4, -0.2) is 4.57 Å². The third-order valence-corrected chi connectivity index (χ3v) is 9.12. The minimum absolute atomic E-state index is 0.0438. The van der Waals surface area contributed by atoms with Crippen LogP contribution < -0.4 is 0 Å². The SMILES string of the molecule is CC1c2cccc(c2)-c2cccc3c2c2c1c(-c1ccccc1)ccc2n3-c1cc(C(C)(C)C)cc(C(C)(C)C)c1. The van der Waals surface area contributed by atoms with Crippen molar-refractivity contribution in [3.05, 3.63) is 125 Å². The summed E-state index contributed by atoms with van der Waals surface area (Å²) in [6.45, 7) is 16.3. The Morgan fingerprint density at radius 3 is 1.85 bits per heavy atom. The summed E-state index contributed by atoms with van der Waals surface area (Å²) in [5, 5.41) is 2.74. The third kappa shape index (κ3) is 4.05. The van der Waals surface area contributed by atoms with Crippen molar-refractivity contribution in [3.63, 3.8) is 0 Å². The molecule has 1 unspecified atom stereocenters. The van der Waals surface area contributed by atoms with Gasteiger partial charge in [-0.05, 0) is 79.6 Å². The minimum atomic E-state index is 0.0438. The molecule has 1 aliphatic rings. The van der Waals surface area contributed by atoms with Gasteiger partial charge in [-0.15, -0.1) is 0 Å². The number of rotatable bonds is 2. The summed E-state index contributed by atoms with van der Waals surface area (Å²) in [4.78, 5) is 0. The maximum atomic E-state index is 2.54. The Morgan fingerprint density at radius 1 is 0.537 bits per heavy atom. The van der Waals surface area contributed by atoms with E-state index in [0.29, 0.717) is 0 Å². The molecule has 0 saturated heterocycles. The van der Waals surface area contributed by atoms with Gasteiger partial charge in [0.2, 0.25) is 0 Å². The molecule has 41 heavy (non-hydrogen) atoms. The Balaban J connectivity index is 1.68. The van der Waals surface area contributed by atoms with Crippen LogP contribution in [0.2, 0.25) is 0 Å². The molecule has 0 aliphatic heterocycles. The predicted molar refractivity (Wildman–Crippen MR) is 177 cm³/mol. The molecule has 1 heteroatoms. The van der Waals surface area contributed by atoms with Crippen molar-refractivity contribution in [2.24, 2.45) is 0 Å². The maximum Gasteiger partial charge on any atom is 0.0547 e. The maximum absolute atomic E-state index is 2.54. The zero-order valence-corrected chi connectivity index (χ0v) is 25.3. The molecular weight excluding hydrogens is 494 g/mol. The highest BCUT2D eigenvalue weighted by molar-refractivity contribution is 6.19. The molecule has 1 aromatic heterocycles. The molecule has 0 amide bonds. The van der Waals surface area contributed by atoms with Crippen molar-refractivity contribution < 1.29 is 0 Å². The lowest BCUT2D eigenvalue weighted by Crippen LogP contribution is -2.17.